The van der Waals surface area contributed by atoms with Crippen LogP contribution in [-0.4, -0.2) is 30.1 Å². The van der Waals surface area contributed by atoms with Crippen molar-refractivity contribution in [3.05, 3.63) is 47.3 Å². The highest BCUT2D eigenvalue weighted by atomic mass is 79.9. The van der Waals surface area contributed by atoms with E-state index in [1.807, 2.05) is 6.07 Å². The minimum Gasteiger partial charge on any atom is -0.375 e. The first-order valence-electron chi connectivity index (χ1n) is 6.23. The van der Waals surface area contributed by atoms with E-state index in [1.54, 1.807) is 12.5 Å². The van der Waals surface area contributed by atoms with Crippen LogP contribution in [0.1, 0.15) is 6.42 Å². The van der Waals surface area contributed by atoms with E-state index in [2.05, 4.69) is 67.4 Å². The Morgan fingerprint density at radius 2 is 2.05 bits per heavy atom. The molecule has 2 aromatic rings. The topological polar surface area (TPSA) is 41.0 Å². The average molecular weight is 321 g/mol. The van der Waals surface area contributed by atoms with Gasteiger partial charge in [0.15, 0.2) is 0 Å². The molecule has 0 aliphatic heterocycles. The van der Waals surface area contributed by atoms with Gasteiger partial charge in [-0.2, -0.15) is 0 Å². The molecular weight excluding hydrogens is 304 g/mol. The number of para-hydroxylation sites is 1. The molecule has 5 heteroatoms. The lowest BCUT2D eigenvalue weighted by Gasteiger charge is -2.19. The Hall–Kier alpha value is -1.62. The molecule has 0 radical (unpaired) electrons. The number of nitrogens with zero attached hydrogens (tertiary/aromatic N) is 3. The van der Waals surface area contributed by atoms with Crippen LogP contribution in [0.25, 0.3) is 0 Å². The normalized spacial score (nSPS) is 10.2. The largest absolute Gasteiger partial charge is 0.375 e. The van der Waals surface area contributed by atoms with E-state index in [0.29, 0.717) is 0 Å². The fourth-order valence-corrected chi connectivity index (χ4v) is 2.14. The standard InChI is InChI=1S/C14H17BrN4/c1-19(12-6-3-2-4-7-12)9-5-8-17-14-13(15)10-16-11-18-14/h2-4,6-7,10-11H,5,8-9H2,1H3,(H,16,17,18). The molecule has 0 amide bonds. The number of halogens is 1. The van der Waals surface area contributed by atoms with E-state index in [9.17, 15) is 0 Å². The third-order valence-electron chi connectivity index (χ3n) is 2.83. The number of anilines is 2. The second-order valence-electron chi connectivity index (χ2n) is 4.26. The molecule has 0 aliphatic rings. The van der Waals surface area contributed by atoms with Gasteiger partial charge in [0.1, 0.15) is 12.1 Å². The second-order valence-corrected chi connectivity index (χ2v) is 5.11. The molecule has 0 saturated carbocycles. The van der Waals surface area contributed by atoms with Gasteiger partial charge in [-0.15, -0.1) is 0 Å². The van der Waals surface area contributed by atoms with Gasteiger partial charge in [-0.1, -0.05) is 18.2 Å². The van der Waals surface area contributed by atoms with Crippen LogP contribution in [0.5, 0.6) is 0 Å². The molecule has 1 aromatic carbocycles. The molecule has 1 N–H and O–H groups in total. The number of benzene rings is 1. The number of hydrogen-bond acceptors (Lipinski definition) is 4. The Morgan fingerprint density at radius 1 is 1.26 bits per heavy atom. The number of rotatable bonds is 6. The summed E-state index contributed by atoms with van der Waals surface area (Å²) in [6.07, 6.45) is 4.33. The summed E-state index contributed by atoms with van der Waals surface area (Å²) in [6.45, 7) is 1.88. The fraction of sp³-hybridized carbons (Fsp3) is 0.286. The zero-order valence-electron chi connectivity index (χ0n) is 10.9. The highest BCUT2D eigenvalue weighted by molar-refractivity contribution is 9.10. The molecule has 1 aromatic heterocycles. The highest BCUT2D eigenvalue weighted by Crippen LogP contribution is 2.17. The van der Waals surface area contributed by atoms with E-state index >= 15 is 0 Å². The predicted octanol–water partition coefficient (Wildman–Crippen LogP) is 3.18. The third-order valence-corrected chi connectivity index (χ3v) is 3.41. The summed E-state index contributed by atoms with van der Waals surface area (Å²) in [4.78, 5) is 10.4. The van der Waals surface area contributed by atoms with Crippen LogP contribution in [0.15, 0.2) is 47.3 Å². The molecule has 0 fully saturated rings. The van der Waals surface area contributed by atoms with Crippen LogP contribution in [0, 0.1) is 0 Å². The zero-order valence-corrected chi connectivity index (χ0v) is 12.5. The third kappa shape index (κ3) is 4.21. The predicted molar refractivity (Wildman–Crippen MR) is 82.6 cm³/mol. The summed E-state index contributed by atoms with van der Waals surface area (Å²) >= 11 is 3.42. The monoisotopic (exact) mass is 320 g/mol. The summed E-state index contributed by atoms with van der Waals surface area (Å²) in [6, 6.07) is 10.4. The minimum atomic E-state index is 0.845. The average Bonchev–Trinajstić information content (AvgIpc) is 2.46. The van der Waals surface area contributed by atoms with Crippen molar-refractivity contribution < 1.29 is 0 Å². The van der Waals surface area contributed by atoms with Crippen LogP contribution in [0.2, 0.25) is 0 Å². The van der Waals surface area contributed by atoms with E-state index < -0.39 is 0 Å². The molecule has 0 bridgehead atoms. The maximum Gasteiger partial charge on any atom is 0.143 e. The smallest absolute Gasteiger partial charge is 0.143 e. The van der Waals surface area contributed by atoms with Crippen molar-refractivity contribution in [2.45, 2.75) is 6.42 Å². The highest BCUT2D eigenvalue weighted by Gasteiger charge is 2.01. The molecule has 19 heavy (non-hydrogen) atoms. The van der Waals surface area contributed by atoms with E-state index in [4.69, 9.17) is 0 Å². The molecular formula is C14H17BrN4. The number of aromatic nitrogens is 2. The lowest BCUT2D eigenvalue weighted by molar-refractivity contribution is 0.813. The Balaban J connectivity index is 1.74. The molecule has 0 spiro atoms. The Labute approximate surface area is 122 Å². The Bertz CT molecular complexity index is 504. The summed E-state index contributed by atoms with van der Waals surface area (Å²) < 4.78 is 0.895. The van der Waals surface area contributed by atoms with Gasteiger partial charge >= 0.3 is 0 Å². The second kappa shape index (κ2) is 7.09. The van der Waals surface area contributed by atoms with Crippen LogP contribution in [-0.2, 0) is 0 Å². The van der Waals surface area contributed by atoms with Gasteiger partial charge in [0.25, 0.3) is 0 Å². The molecule has 0 unspecified atom stereocenters. The summed E-state index contributed by atoms with van der Waals surface area (Å²) in [5, 5.41) is 3.30. The van der Waals surface area contributed by atoms with Crippen LogP contribution < -0.4 is 10.2 Å². The Kier molecular flexibility index (Phi) is 5.15. The molecule has 100 valence electrons. The molecule has 4 nitrogen and oxygen atoms in total. The molecule has 0 saturated heterocycles. The van der Waals surface area contributed by atoms with Crippen molar-refractivity contribution >= 4 is 27.4 Å². The van der Waals surface area contributed by atoms with Gasteiger partial charge < -0.3 is 10.2 Å². The lowest BCUT2D eigenvalue weighted by Crippen LogP contribution is -2.20. The van der Waals surface area contributed by atoms with E-state index in [1.165, 1.54) is 5.69 Å². The van der Waals surface area contributed by atoms with Crippen molar-refractivity contribution in [1.82, 2.24) is 9.97 Å². The minimum absolute atomic E-state index is 0.845. The molecule has 1 heterocycles. The Morgan fingerprint density at radius 3 is 2.79 bits per heavy atom. The quantitative estimate of drug-likeness (QED) is 0.830. The molecule has 0 atom stereocenters. The van der Waals surface area contributed by atoms with Gasteiger partial charge in [-0.25, -0.2) is 9.97 Å². The zero-order chi connectivity index (χ0) is 13.5. The van der Waals surface area contributed by atoms with Crippen LogP contribution >= 0.6 is 15.9 Å². The lowest BCUT2D eigenvalue weighted by atomic mass is 10.3. The van der Waals surface area contributed by atoms with E-state index in [0.717, 1.165) is 29.8 Å². The maximum absolute atomic E-state index is 4.17. The van der Waals surface area contributed by atoms with Gasteiger partial charge in [0, 0.05) is 32.0 Å². The van der Waals surface area contributed by atoms with Crippen LogP contribution in [0.4, 0.5) is 11.5 Å². The SMILES string of the molecule is CN(CCCNc1ncncc1Br)c1ccccc1. The number of nitrogens with one attached hydrogen (secondary N) is 1. The van der Waals surface area contributed by atoms with Gasteiger partial charge in [0.2, 0.25) is 0 Å². The molecule has 0 aliphatic carbocycles. The van der Waals surface area contributed by atoms with Crippen molar-refractivity contribution in [3.63, 3.8) is 0 Å². The van der Waals surface area contributed by atoms with Crippen molar-refractivity contribution in [2.75, 3.05) is 30.4 Å². The van der Waals surface area contributed by atoms with Gasteiger partial charge in [0.05, 0.1) is 4.47 Å². The van der Waals surface area contributed by atoms with Crippen LogP contribution in [0.3, 0.4) is 0 Å². The van der Waals surface area contributed by atoms with E-state index in [-0.39, 0.29) is 0 Å². The maximum atomic E-state index is 4.17. The summed E-state index contributed by atoms with van der Waals surface area (Å²) in [5.41, 5.74) is 1.24. The van der Waals surface area contributed by atoms with Crippen molar-refractivity contribution in [3.8, 4) is 0 Å². The number of hydrogen-bond donors (Lipinski definition) is 1. The first-order valence-corrected chi connectivity index (χ1v) is 7.02. The van der Waals surface area contributed by atoms with Crippen molar-refractivity contribution in [2.24, 2.45) is 0 Å². The first kappa shape index (κ1) is 13.8. The first-order chi connectivity index (χ1) is 9.27. The fourth-order valence-electron chi connectivity index (χ4n) is 1.78. The van der Waals surface area contributed by atoms with Gasteiger partial charge in [-0.05, 0) is 34.5 Å². The summed E-state index contributed by atoms with van der Waals surface area (Å²) in [5.74, 6) is 0.845. The summed E-state index contributed by atoms with van der Waals surface area (Å²) in [7, 11) is 2.11. The van der Waals surface area contributed by atoms with Gasteiger partial charge in [-0.3, -0.25) is 0 Å². The van der Waals surface area contributed by atoms with Crippen molar-refractivity contribution in [1.29, 1.82) is 0 Å². The molecule has 2 rings (SSSR count).